The van der Waals surface area contributed by atoms with Gasteiger partial charge in [-0.05, 0) is 84.3 Å². The highest BCUT2D eigenvalue weighted by molar-refractivity contribution is 14.1. The van der Waals surface area contributed by atoms with Crippen LogP contribution in [0.5, 0.6) is 0 Å². The first-order chi connectivity index (χ1) is 15.1. The number of hydrogen-bond acceptors (Lipinski definition) is 3. The Bertz CT molecular complexity index is 1210. The lowest BCUT2D eigenvalue weighted by molar-refractivity contribution is -0.336. The fraction of sp³-hybridized carbons (Fsp3) is 0.350. The van der Waals surface area contributed by atoms with E-state index in [4.69, 9.17) is 0 Å². The third-order valence-corrected chi connectivity index (χ3v) is 8.07. The van der Waals surface area contributed by atoms with E-state index < -0.39 is 56.1 Å². The maximum Gasteiger partial charge on any atom is 0.416 e. The van der Waals surface area contributed by atoms with Gasteiger partial charge in [-0.25, -0.2) is 8.42 Å². The first-order valence-corrected chi connectivity index (χ1v) is 12.0. The van der Waals surface area contributed by atoms with E-state index in [2.05, 4.69) is 5.32 Å². The molecule has 0 aromatic heterocycles. The Kier molecular flexibility index (Phi) is 5.47. The summed E-state index contributed by atoms with van der Waals surface area (Å²) in [7, 11) is -4.35. The maximum atomic E-state index is 13.2. The van der Waals surface area contributed by atoms with Crippen molar-refractivity contribution in [1.29, 1.82) is 0 Å². The van der Waals surface area contributed by atoms with Crippen molar-refractivity contribution in [2.75, 3.05) is 4.72 Å². The van der Waals surface area contributed by atoms with Crippen molar-refractivity contribution in [3.05, 3.63) is 57.2 Å². The van der Waals surface area contributed by atoms with Crippen LogP contribution in [0.4, 0.5) is 32.0 Å². The highest BCUT2D eigenvalue weighted by atomic mass is 127. The second kappa shape index (κ2) is 7.48. The number of rotatable bonds is 5. The topological polar surface area (TPSA) is 75.3 Å². The summed E-state index contributed by atoms with van der Waals surface area (Å²) < 4.78 is 107. The van der Waals surface area contributed by atoms with Gasteiger partial charge in [-0.1, -0.05) is 0 Å². The van der Waals surface area contributed by atoms with Gasteiger partial charge >= 0.3 is 12.4 Å². The lowest BCUT2D eigenvalue weighted by atomic mass is 9.39. The zero-order valence-electron chi connectivity index (χ0n) is 16.4. The second-order valence-electron chi connectivity index (χ2n) is 8.36. The molecule has 0 aliphatic heterocycles. The van der Waals surface area contributed by atoms with Gasteiger partial charge in [0.25, 0.3) is 15.9 Å². The number of halogens is 7. The standard InChI is InChI=1S/C20H15F6IN2O3S/c21-19(22,23)11-1-6-14(16(30)28-18-8-17(9-18,10-18)20(24,25)26)15(7-11)29-33(31,32)13-4-2-12(27)3-5-13/h1-7,29H,8-10H2,(H,28,30). The first-order valence-electron chi connectivity index (χ1n) is 9.45. The number of nitrogens with one attached hydrogen (secondary N) is 2. The second-order valence-corrected chi connectivity index (χ2v) is 11.3. The molecule has 0 atom stereocenters. The molecule has 0 heterocycles. The van der Waals surface area contributed by atoms with Gasteiger partial charge in [0, 0.05) is 9.11 Å². The molecule has 3 aliphatic rings. The largest absolute Gasteiger partial charge is 0.416 e. The fourth-order valence-corrected chi connectivity index (χ4v) is 5.78. The highest BCUT2D eigenvalue weighted by Gasteiger charge is 2.79. The van der Waals surface area contributed by atoms with Gasteiger partial charge in [0.05, 0.1) is 27.1 Å². The zero-order valence-corrected chi connectivity index (χ0v) is 19.4. The average molecular weight is 604 g/mol. The molecule has 3 aliphatic carbocycles. The van der Waals surface area contributed by atoms with Crippen LogP contribution in [0.1, 0.15) is 35.2 Å². The molecule has 5 nitrogen and oxygen atoms in total. The summed E-state index contributed by atoms with van der Waals surface area (Å²) in [5, 5.41) is 2.45. The molecule has 3 saturated carbocycles. The Balaban J connectivity index is 1.62. The summed E-state index contributed by atoms with van der Waals surface area (Å²) in [5.74, 6) is -0.959. The number of carbonyl (C=O) groups is 1. The minimum absolute atomic E-state index is 0.238. The number of anilines is 1. The van der Waals surface area contributed by atoms with Gasteiger partial charge in [0.2, 0.25) is 0 Å². The van der Waals surface area contributed by atoms with Crippen LogP contribution < -0.4 is 10.0 Å². The first kappa shape index (κ1) is 24.1. The van der Waals surface area contributed by atoms with Gasteiger partial charge in [-0.3, -0.25) is 9.52 Å². The number of sulfonamides is 1. The van der Waals surface area contributed by atoms with Crippen LogP contribution in [-0.4, -0.2) is 26.0 Å². The molecule has 3 fully saturated rings. The Morgan fingerprint density at radius 3 is 2.03 bits per heavy atom. The summed E-state index contributed by atoms with van der Waals surface area (Å²) in [6.45, 7) is 0. The molecule has 178 valence electrons. The molecular weight excluding hydrogens is 589 g/mol. The lowest BCUT2D eigenvalue weighted by Crippen LogP contribution is -2.78. The predicted molar refractivity (Wildman–Crippen MR) is 114 cm³/mol. The van der Waals surface area contributed by atoms with E-state index in [0.717, 1.165) is 9.64 Å². The Labute approximate surface area is 198 Å². The molecule has 0 spiro atoms. The monoisotopic (exact) mass is 604 g/mol. The molecule has 33 heavy (non-hydrogen) atoms. The van der Waals surface area contributed by atoms with E-state index in [9.17, 15) is 39.6 Å². The number of carbonyl (C=O) groups excluding carboxylic acids is 1. The number of hydrogen-bond donors (Lipinski definition) is 2. The summed E-state index contributed by atoms with van der Waals surface area (Å²) in [4.78, 5) is 12.5. The Morgan fingerprint density at radius 2 is 1.52 bits per heavy atom. The van der Waals surface area contributed by atoms with E-state index in [1.54, 1.807) is 0 Å². The van der Waals surface area contributed by atoms with Crippen molar-refractivity contribution in [3.8, 4) is 0 Å². The number of benzene rings is 2. The third-order valence-electron chi connectivity index (χ3n) is 5.97. The zero-order chi connectivity index (χ0) is 24.4. The van der Waals surface area contributed by atoms with Gasteiger partial charge in [-0.15, -0.1) is 0 Å². The summed E-state index contributed by atoms with van der Waals surface area (Å²) in [6.07, 6.45) is -10.2. The molecule has 0 radical (unpaired) electrons. The van der Waals surface area contributed by atoms with Gasteiger partial charge in [-0.2, -0.15) is 26.3 Å². The van der Waals surface area contributed by atoms with Crippen molar-refractivity contribution in [1.82, 2.24) is 5.32 Å². The van der Waals surface area contributed by atoms with Crippen molar-refractivity contribution < 1.29 is 39.6 Å². The van der Waals surface area contributed by atoms with Crippen LogP contribution in [0.25, 0.3) is 0 Å². The van der Waals surface area contributed by atoms with Crippen LogP contribution in [0, 0.1) is 8.99 Å². The van der Waals surface area contributed by atoms with Crippen LogP contribution in [-0.2, 0) is 16.2 Å². The minimum atomic E-state index is -4.81. The molecule has 13 heteroatoms. The number of amides is 1. The van der Waals surface area contributed by atoms with Crippen molar-refractivity contribution >= 4 is 44.2 Å². The van der Waals surface area contributed by atoms with Gasteiger partial charge in [0.15, 0.2) is 0 Å². The Morgan fingerprint density at radius 1 is 0.939 bits per heavy atom. The molecule has 0 unspecified atom stereocenters. The lowest BCUT2D eigenvalue weighted by Gasteiger charge is -2.70. The third kappa shape index (κ3) is 4.29. The maximum absolute atomic E-state index is 13.2. The van der Waals surface area contributed by atoms with E-state index >= 15 is 0 Å². The summed E-state index contributed by atoms with van der Waals surface area (Å²) >= 11 is 1.94. The van der Waals surface area contributed by atoms with E-state index in [1.807, 2.05) is 27.3 Å². The van der Waals surface area contributed by atoms with Crippen molar-refractivity contribution in [2.24, 2.45) is 5.41 Å². The van der Waals surface area contributed by atoms with E-state index in [0.29, 0.717) is 12.1 Å². The van der Waals surface area contributed by atoms with Crippen LogP contribution in [0.15, 0.2) is 47.4 Å². The van der Waals surface area contributed by atoms with Crippen LogP contribution in [0.3, 0.4) is 0 Å². The smallest absolute Gasteiger partial charge is 0.346 e. The molecule has 2 N–H and O–H groups in total. The minimum Gasteiger partial charge on any atom is -0.346 e. The molecule has 2 aromatic rings. The van der Waals surface area contributed by atoms with Crippen LogP contribution >= 0.6 is 22.6 Å². The average Bonchev–Trinajstić information content (AvgIpc) is 2.61. The molecule has 1 amide bonds. The normalized spacial score (nSPS) is 24.5. The summed E-state index contributed by atoms with van der Waals surface area (Å²) in [5.41, 5.74) is -5.18. The quantitative estimate of drug-likeness (QED) is 0.359. The molecule has 2 bridgehead atoms. The molecule has 5 rings (SSSR count). The highest BCUT2D eigenvalue weighted by Crippen LogP contribution is 2.73. The Hall–Kier alpha value is -2.03. The number of alkyl halides is 6. The molecular formula is C20H15F6IN2O3S. The van der Waals surface area contributed by atoms with Gasteiger partial charge in [0.1, 0.15) is 0 Å². The predicted octanol–water partition coefficient (Wildman–Crippen LogP) is 5.33. The van der Waals surface area contributed by atoms with Crippen molar-refractivity contribution in [3.63, 3.8) is 0 Å². The van der Waals surface area contributed by atoms with E-state index in [-0.39, 0.29) is 24.2 Å². The molecule has 0 saturated heterocycles. The fourth-order valence-electron chi connectivity index (χ4n) is 4.35. The van der Waals surface area contributed by atoms with E-state index in [1.165, 1.54) is 24.3 Å². The van der Waals surface area contributed by atoms with Crippen molar-refractivity contribution in [2.45, 2.75) is 42.0 Å². The summed E-state index contributed by atoms with van der Waals surface area (Å²) in [6, 6.07) is 7.35. The molecule has 2 aromatic carbocycles. The van der Waals surface area contributed by atoms with Gasteiger partial charge < -0.3 is 5.32 Å². The SMILES string of the molecule is O=C(NC12CC(C(F)(F)F)(C1)C2)c1ccc(C(F)(F)F)cc1NS(=O)(=O)c1ccc(I)cc1. The van der Waals surface area contributed by atoms with Crippen LogP contribution in [0.2, 0.25) is 0 Å².